The molecule has 2 heteroatoms. The Kier molecular flexibility index (Phi) is 5.47. The van der Waals surface area contributed by atoms with E-state index < -0.39 is 0 Å². The molecule has 1 rings (SSSR count). The van der Waals surface area contributed by atoms with Crippen LogP contribution < -0.4 is 0 Å². The summed E-state index contributed by atoms with van der Waals surface area (Å²) in [7, 11) is 2.42. The first kappa shape index (κ1) is 12.5. The van der Waals surface area contributed by atoms with Gasteiger partial charge in [0.25, 0.3) is 0 Å². The fourth-order valence-corrected chi connectivity index (χ4v) is 3.12. The Morgan fingerprint density at radius 3 is 2.36 bits per heavy atom. The molecule has 0 radical (unpaired) electrons. The van der Waals surface area contributed by atoms with Gasteiger partial charge in [-0.25, -0.2) is 0 Å². The Bertz CT molecular complexity index is 152. The van der Waals surface area contributed by atoms with E-state index in [1.165, 1.54) is 62.5 Å². The second kappa shape index (κ2) is 6.12. The monoisotopic (exact) mass is 262 g/mol. The predicted molar refractivity (Wildman–Crippen MR) is 66.6 cm³/mol. The molecule has 0 spiro atoms. The number of quaternary nitrogens is 1. The lowest BCUT2D eigenvalue weighted by atomic mass is 10.1. The number of nitrogens with zero attached hydrogens (tertiary/aromatic N) is 1. The van der Waals surface area contributed by atoms with E-state index in [2.05, 4.69) is 29.9 Å². The molecule has 0 aromatic heterocycles. The third kappa shape index (κ3) is 3.54. The average Bonchev–Trinajstić information content (AvgIpc) is 2.19. The Balaban J connectivity index is 2.29. The van der Waals surface area contributed by atoms with Gasteiger partial charge in [0.15, 0.2) is 0 Å². The molecule has 0 N–H and O–H groups in total. The maximum absolute atomic E-state index is 3.90. The second-order valence-electron chi connectivity index (χ2n) is 4.92. The molecule has 0 aliphatic carbocycles. The van der Waals surface area contributed by atoms with E-state index in [0.29, 0.717) is 4.95 Å². The lowest BCUT2D eigenvalue weighted by molar-refractivity contribution is -0.922. The van der Waals surface area contributed by atoms with Gasteiger partial charge >= 0.3 is 0 Å². The van der Waals surface area contributed by atoms with Gasteiger partial charge in [0.05, 0.1) is 20.1 Å². The van der Waals surface area contributed by atoms with Crippen LogP contribution in [0.4, 0.5) is 0 Å². The maximum atomic E-state index is 3.90. The van der Waals surface area contributed by atoms with Gasteiger partial charge in [-0.05, 0) is 41.6 Å². The smallest absolute Gasteiger partial charge is 0.144 e. The van der Waals surface area contributed by atoms with Gasteiger partial charge in [-0.3, -0.25) is 0 Å². The molecule has 1 heterocycles. The lowest BCUT2D eigenvalue weighted by Crippen LogP contribution is -2.52. The van der Waals surface area contributed by atoms with Crippen molar-refractivity contribution in [1.82, 2.24) is 0 Å². The SMILES string of the molecule is CCCCCC(Br)[N+]1(C)CCCCC1. The maximum Gasteiger partial charge on any atom is 0.144 e. The molecule has 1 unspecified atom stereocenters. The first-order valence-corrected chi connectivity index (χ1v) is 7.09. The Labute approximate surface area is 97.6 Å². The largest absolute Gasteiger partial charge is 0.315 e. The zero-order valence-corrected chi connectivity index (χ0v) is 11.4. The van der Waals surface area contributed by atoms with Crippen molar-refractivity contribution in [2.24, 2.45) is 0 Å². The van der Waals surface area contributed by atoms with Gasteiger partial charge in [0, 0.05) is 6.42 Å². The van der Waals surface area contributed by atoms with Crippen LogP contribution >= 0.6 is 15.9 Å². The van der Waals surface area contributed by atoms with E-state index >= 15 is 0 Å². The molecule has 14 heavy (non-hydrogen) atoms. The molecule has 1 nitrogen and oxygen atoms in total. The van der Waals surface area contributed by atoms with Gasteiger partial charge in [-0.15, -0.1) is 0 Å². The summed E-state index contributed by atoms with van der Waals surface area (Å²) in [6.45, 7) is 5.03. The number of halogens is 1. The number of rotatable bonds is 5. The van der Waals surface area contributed by atoms with Crippen molar-refractivity contribution < 1.29 is 4.48 Å². The van der Waals surface area contributed by atoms with Gasteiger partial charge in [0.2, 0.25) is 0 Å². The molecular weight excluding hydrogens is 238 g/mol. The van der Waals surface area contributed by atoms with Crippen LogP contribution in [-0.4, -0.2) is 29.6 Å². The van der Waals surface area contributed by atoms with E-state index in [0.717, 1.165) is 0 Å². The number of alkyl halides is 1. The average molecular weight is 263 g/mol. The molecule has 0 saturated carbocycles. The summed E-state index contributed by atoms with van der Waals surface area (Å²) in [5.41, 5.74) is 0. The van der Waals surface area contributed by atoms with Crippen LogP contribution in [0.5, 0.6) is 0 Å². The fraction of sp³-hybridized carbons (Fsp3) is 1.00. The summed E-state index contributed by atoms with van der Waals surface area (Å²) >= 11 is 3.90. The van der Waals surface area contributed by atoms with Gasteiger partial charge < -0.3 is 4.48 Å². The summed E-state index contributed by atoms with van der Waals surface area (Å²) in [4.78, 5) is 0.703. The lowest BCUT2D eigenvalue weighted by Gasteiger charge is -2.41. The Morgan fingerprint density at radius 2 is 1.79 bits per heavy atom. The van der Waals surface area contributed by atoms with Crippen LogP contribution in [0, 0.1) is 0 Å². The van der Waals surface area contributed by atoms with E-state index in [4.69, 9.17) is 0 Å². The summed E-state index contributed by atoms with van der Waals surface area (Å²) < 4.78 is 1.27. The molecule has 84 valence electrons. The minimum Gasteiger partial charge on any atom is -0.315 e. The summed E-state index contributed by atoms with van der Waals surface area (Å²) in [6, 6.07) is 0. The molecule has 1 aliphatic rings. The highest BCUT2D eigenvalue weighted by atomic mass is 79.9. The number of likely N-dealkylation sites (tertiary alicyclic amines) is 1. The molecule has 1 atom stereocenters. The third-order valence-corrected chi connectivity index (χ3v) is 5.01. The van der Waals surface area contributed by atoms with Crippen molar-refractivity contribution in [3.05, 3.63) is 0 Å². The predicted octanol–water partition coefficient (Wildman–Crippen LogP) is 3.92. The molecule has 1 saturated heterocycles. The van der Waals surface area contributed by atoms with Crippen LogP contribution in [0.15, 0.2) is 0 Å². The molecule has 0 bridgehead atoms. The van der Waals surface area contributed by atoms with Crippen LogP contribution in [0.1, 0.15) is 51.9 Å². The number of hydrogen-bond acceptors (Lipinski definition) is 0. The normalized spacial score (nSPS) is 23.4. The van der Waals surface area contributed by atoms with Crippen LogP contribution in [0.25, 0.3) is 0 Å². The first-order valence-electron chi connectivity index (χ1n) is 6.17. The number of hydrogen-bond donors (Lipinski definition) is 0. The summed E-state index contributed by atoms with van der Waals surface area (Å²) in [5.74, 6) is 0. The van der Waals surface area contributed by atoms with Gasteiger partial charge in [-0.2, -0.15) is 0 Å². The Hall–Kier alpha value is 0.440. The van der Waals surface area contributed by atoms with Crippen LogP contribution in [0.2, 0.25) is 0 Å². The molecule has 0 aromatic rings. The zero-order valence-electron chi connectivity index (χ0n) is 9.77. The highest BCUT2D eigenvalue weighted by Gasteiger charge is 2.31. The van der Waals surface area contributed by atoms with Crippen LogP contribution in [0.3, 0.4) is 0 Å². The molecule has 1 fully saturated rings. The van der Waals surface area contributed by atoms with E-state index in [1.807, 2.05) is 0 Å². The topological polar surface area (TPSA) is 0 Å². The Morgan fingerprint density at radius 1 is 1.14 bits per heavy atom. The summed E-state index contributed by atoms with van der Waals surface area (Å²) in [6.07, 6.45) is 9.76. The van der Waals surface area contributed by atoms with Crippen molar-refractivity contribution in [1.29, 1.82) is 0 Å². The summed E-state index contributed by atoms with van der Waals surface area (Å²) in [5, 5.41) is 0. The van der Waals surface area contributed by atoms with Gasteiger partial charge in [-0.1, -0.05) is 19.8 Å². The van der Waals surface area contributed by atoms with E-state index in [-0.39, 0.29) is 0 Å². The van der Waals surface area contributed by atoms with Crippen LogP contribution in [-0.2, 0) is 0 Å². The second-order valence-corrected chi connectivity index (χ2v) is 5.97. The molecule has 0 amide bonds. The van der Waals surface area contributed by atoms with Crippen molar-refractivity contribution in [3.63, 3.8) is 0 Å². The van der Waals surface area contributed by atoms with Crippen molar-refractivity contribution >= 4 is 15.9 Å². The highest BCUT2D eigenvalue weighted by Crippen LogP contribution is 2.27. The van der Waals surface area contributed by atoms with E-state index in [1.54, 1.807) is 0 Å². The quantitative estimate of drug-likeness (QED) is 0.305. The molecule has 0 aromatic carbocycles. The molecular formula is C12H25BrN+. The standard InChI is InChI=1S/C12H25BrN/c1-3-4-6-9-12(13)14(2)10-7-5-8-11-14/h12H,3-11H2,1-2H3/q+1. The number of unbranched alkanes of at least 4 members (excludes halogenated alkanes) is 2. The highest BCUT2D eigenvalue weighted by molar-refractivity contribution is 9.09. The van der Waals surface area contributed by atoms with Crippen molar-refractivity contribution in [3.8, 4) is 0 Å². The minimum atomic E-state index is 0.703. The molecule has 1 aliphatic heterocycles. The third-order valence-electron chi connectivity index (χ3n) is 3.56. The zero-order chi connectivity index (χ0) is 10.4. The van der Waals surface area contributed by atoms with Crippen molar-refractivity contribution in [2.45, 2.75) is 56.8 Å². The minimum absolute atomic E-state index is 0.703. The van der Waals surface area contributed by atoms with Gasteiger partial charge in [0.1, 0.15) is 4.95 Å². The fourth-order valence-electron chi connectivity index (χ4n) is 2.39. The van der Waals surface area contributed by atoms with Crippen molar-refractivity contribution in [2.75, 3.05) is 20.1 Å². The number of piperidine rings is 1. The van der Waals surface area contributed by atoms with E-state index in [9.17, 15) is 0 Å². The first-order chi connectivity index (χ1) is 6.69.